The van der Waals surface area contributed by atoms with Crippen molar-refractivity contribution in [1.82, 2.24) is 0 Å². The fourth-order valence-corrected chi connectivity index (χ4v) is 3.27. The van der Waals surface area contributed by atoms with Gasteiger partial charge in [0.15, 0.2) is 0 Å². The maximum Gasteiger partial charge on any atom is 0.150 e. The standard InChI is InChI=1S/C27H23NO2/c1-21-7-9-23(10-8-21)20-30-27-17-15-26(16-18-27)28(24-5-3-2-4-6-24)25-13-11-22(19-29)12-14-25/h2-19H,20H2,1H3. The van der Waals surface area contributed by atoms with E-state index in [1.807, 2.05) is 66.7 Å². The van der Waals surface area contributed by atoms with Crippen molar-refractivity contribution in [2.24, 2.45) is 0 Å². The largest absolute Gasteiger partial charge is 0.489 e. The van der Waals surface area contributed by atoms with Crippen LogP contribution in [-0.4, -0.2) is 6.29 Å². The highest BCUT2D eigenvalue weighted by Crippen LogP contribution is 2.35. The summed E-state index contributed by atoms with van der Waals surface area (Å²) >= 11 is 0. The van der Waals surface area contributed by atoms with E-state index in [0.29, 0.717) is 12.2 Å². The molecule has 3 nitrogen and oxygen atoms in total. The highest BCUT2D eigenvalue weighted by molar-refractivity contribution is 5.80. The molecular weight excluding hydrogens is 370 g/mol. The summed E-state index contributed by atoms with van der Waals surface area (Å²) in [4.78, 5) is 13.2. The van der Waals surface area contributed by atoms with Gasteiger partial charge in [0.25, 0.3) is 0 Å². The van der Waals surface area contributed by atoms with Crippen LogP contribution in [0.25, 0.3) is 0 Å². The molecule has 0 N–H and O–H groups in total. The lowest BCUT2D eigenvalue weighted by Crippen LogP contribution is -2.09. The van der Waals surface area contributed by atoms with E-state index in [0.717, 1.165) is 34.7 Å². The molecule has 4 aromatic rings. The number of aryl methyl sites for hydroxylation is 1. The third-order valence-corrected chi connectivity index (χ3v) is 4.92. The van der Waals surface area contributed by atoms with Crippen LogP contribution in [0.15, 0.2) is 103 Å². The number of carbonyl (C=O) groups excluding carboxylic acids is 1. The van der Waals surface area contributed by atoms with E-state index < -0.39 is 0 Å². The number of benzene rings is 4. The number of anilines is 3. The lowest BCUT2D eigenvalue weighted by atomic mass is 10.1. The fraction of sp³-hybridized carbons (Fsp3) is 0.0741. The second-order valence-corrected chi connectivity index (χ2v) is 7.15. The third-order valence-electron chi connectivity index (χ3n) is 4.92. The lowest BCUT2D eigenvalue weighted by Gasteiger charge is -2.25. The molecule has 0 saturated carbocycles. The van der Waals surface area contributed by atoms with Crippen molar-refractivity contribution >= 4 is 23.3 Å². The van der Waals surface area contributed by atoms with Gasteiger partial charge in [-0.25, -0.2) is 0 Å². The Morgan fingerprint density at radius 2 is 1.27 bits per heavy atom. The zero-order valence-corrected chi connectivity index (χ0v) is 16.9. The fourth-order valence-electron chi connectivity index (χ4n) is 3.27. The Kier molecular flexibility index (Phi) is 5.90. The molecule has 148 valence electrons. The Morgan fingerprint density at radius 3 is 1.87 bits per heavy atom. The second-order valence-electron chi connectivity index (χ2n) is 7.15. The highest BCUT2D eigenvalue weighted by atomic mass is 16.5. The van der Waals surface area contributed by atoms with Crippen LogP contribution >= 0.6 is 0 Å². The van der Waals surface area contributed by atoms with Crippen LogP contribution in [-0.2, 0) is 6.61 Å². The van der Waals surface area contributed by atoms with Gasteiger partial charge in [0.1, 0.15) is 18.6 Å². The van der Waals surface area contributed by atoms with Crippen LogP contribution in [0.2, 0.25) is 0 Å². The van der Waals surface area contributed by atoms with E-state index in [-0.39, 0.29) is 0 Å². The van der Waals surface area contributed by atoms with E-state index in [2.05, 4.69) is 48.2 Å². The Balaban J connectivity index is 1.57. The smallest absolute Gasteiger partial charge is 0.150 e. The van der Waals surface area contributed by atoms with E-state index in [1.54, 1.807) is 0 Å². The number of rotatable bonds is 7. The van der Waals surface area contributed by atoms with Gasteiger partial charge in [-0.05, 0) is 73.2 Å². The summed E-state index contributed by atoms with van der Waals surface area (Å²) < 4.78 is 5.95. The monoisotopic (exact) mass is 393 g/mol. The van der Waals surface area contributed by atoms with E-state index in [9.17, 15) is 4.79 Å². The molecule has 0 spiro atoms. The molecular formula is C27H23NO2. The number of para-hydroxylation sites is 1. The number of aldehydes is 1. The van der Waals surface area contributed by atoms with Crippen LogP contribution < -0.4 is 9.64 Å². The van der Waals surface area contributed by atoms with Crippen molar-refractivity contribution in [3.05, 3.63) is 120 Å². The Morgan fingerprint density at radius 1 is 0.700 bits per heavy atom. The van der Waals surface area contributed by atoms with Crippen LogP contribution in [0.3, 0.4) is 0 Å². The predicted molar refractivity (Wildman–Crippen MR) is 122 cm³/mol. The molecule has 0 unspecified atom stereocenters. The molecule has 0 atom stereocenters. The van der Waals surface area contributed by atoms with Gasteiger partial charge in [-0.1, -0.05) is 48.0 Å². The van der Waals surface area contributed by atoms with Crippen molar-refractivity contribution in [3.8, 4) is 5.75 Å². The van der Waals surface area contributed by atoms with Gasteiger partial charge in [0.05, 0.1) is 0 Å². The Labute approximate surface area is 177 Å². The molecule has 0 amide bonds. The number of hydrogen-bond donors (Lipinski definition) is 0. The normalized spacial score (nSPS) is 10.4. The summed E-state index contributed by atoms with van der Waals surface area (Å²) in [7, 11) is 0. The average molecular weight is 393 g/mol. The zero-order chi connectivity index (χ0) is 20.8. The van der Waals surface area contributed by atoms with Crippen LogP contribution in [0, 0.1) is 6.92 Å². The SMILES string of the molecule is Cc1ccc(COc2ccc(N(c3ccccc3)c3ccc(C=O)cc3)cc2)cc1. The second kappa shape index (κ2) is 9.10. The zero-order valence-electron chi connectivity index (χ0n) is 16.9. The van der Waals surface area contributed by atoms with Crippen molar-refractivity contribution in [3.63, 3.8) is 0 Å². The molecule has 0 aromatic heterocycles. The van der Waals surface area contributed by atoms with Gasteiger partial charge >= 0.3 is 0 Å². The van der Waals surface area contributed by atoms with Gasteiger partial charge in [0, 0.05) is 22.6 Å². The van der Waals surface area contributed by atoms with Gasteiger partial charge in [0.2, 0.25) is 0 Å². The molecule has 4 aromatic carbocycles. The minimum absolute atomic E-state index is 0.537. The van der Waals surface area contributed by atoms with Crippen LogP contribution in [0.5, 0.6) is 5.75 Å². The molecule has 0 aliphatic carbocycles. The number of hydrogen-bond acceptors (Lipinski definition) is 3. The van der Waals surface area contributed by atoms with Gasteiger partial charge < -0.3 is 9.64 Å². The summed E-state index contributed by atoms with van der Waals surface area (Å²) in [5.41, 5.74) is 6.09. The topological polar surface area (TPSA) is 29.5 Å². The van der Waals surface area contributed by atoms with E-state index in [4.69, 9.17) is 4.74 Å². The summed E-state index contributed by atoms with van der Waals surface area (Å²) in [5, 5.41) is 0. The highest BCUT2D eigenvalue weighted by Gasteiger charge is 2.12. The minimum Gasteiger partial charge on any atom is -0.489 e. The first-order valence-electron chi connectivity index (χ1n) is 9.92. The molecule has 0 fully saturated rings. The molecule has 30 heavy (non-hydrogen) atoms. The molecule has 0 aliphatic rings. The molecule has 4 rings (SSSR count). The molecule has 0 bridgehead atoms. The van der Waals surface area contributed by atoms with Crippen molar-refractivity contribution < 1.29 is 9.53 Å². The molecule has 3 heteroatoms. The van der Waals surface area contributed by atoms with Crippen molar-refractivity contribution in [1.29, 1.82) is 0 Å². The van der Waals surface area contributed by atoms with Gasteiger partial charge in [-0.15, -0.1) is 0 Å². The van der Waals surface area contributed by atoms with Gasteiger partial charge in [-0.2, -0.15) is 0 Å². The summed E-state index contributed by atoms with van der Waals surface area (Å²) in [6.07, 6.45) is 0.858. The molecule has 0 radical (unpaired) electrons. The Hall–Kier alpha value is -3.85. The van der Waals surface area contributed by atoms with Crippen LogP contribution in [0.1, 0.15) is 21.5 Å². The quantitative estimate of drug-likeness (QED) is 0.321. The first kappa shape index (κ1) is 19.5. The number of nitrogens with zero attached hydrogens (tertiary/aromatic N) is 1. The molecule has 0 heterocycles. The van der Waals surface area contributed by atoms with Crippen molar-refractivity contribution in [2.75, 3.05) is 4.90 Å². The summed E-state index contributed by atoms with van der Waals surface area (Å²) in [6, 6.07) is 34.2. The average Bonchev–Trinajstić information content (AvgIpc) is 2.81. The third kappa shape index (κ3) is 4.58. The lowest BCUT2D eigenvalue weighted by molar-refractivity contribution is 0.112. The maximum absolute atomic E-state index is 11.0. The first-order chi connectivity index (χ1) is 14.7. The van der Waals surface area contributed by atoms with Crippen molar-refractivity contribution in [2.45, 2.75) is 13.5 Å². The van der Waals surface area contributed by atoms with Crippen LogP contribution in [0.4, 0.5) is 17.1 Å². The first-order valence-corrected chi connectivity index (χ1v) is 9.92. The predicted octanol–water partition coefficient (Wildman–Crippen LogP) is 6.86. The summed E-state index contributed by atoms with van der Waals surface area (Å²) in [6.45, 7) is 2.61. The van der Waals surface area contributed by atoms with E-state index in [1.165, 1.54) is 5.56 Å². The Bertz CT molecular complexity index is 1090. The maximum atomic E-state index is 11.0. The summed E-state index contributed by atoms with van der Waals surface area (Å²) in [5.74, 6) is 0.823. The number of ether oxygens (including phenoxy) is 1. The molecule has 0 saturated heterocycles. The molecule has 0 aliphatic heterocycles. The number of carbonyl (C=O) groups is 1. The van der Waals surface area contributed by atoms with E-state index >= 15 is 0 Å². The van der Waals surface area contributed by atoms with Gasteiger partial charge in [-0.3, -0.25) is 4.79 Å². The minimum atomic E-state index is 0.537.